The summed E-state index contributed by atoms with van der Waals surface area (Å²) in [6.45, 7) is 1.76. The van der Waals surface area contributed by atoms with E-state index in [0.29, 0.717) is 5.69 Å². The molecule has 0 amide bonds. The molecule has 0 unspecified atom stereocenters. The van der Waals surface area contributed by atoms with Gasteiger partial charge in [0.2, 0.25) is 0 Å². The summed E-state index contributed by atoms with van der Waals surface area (Å²) in [5, 5.41) is 0. The van der Waals surface area contributed by atoms with E-state index in [2.05, 4.69) is 14.7 Å². The number of nitrogens with one attached hydrogen (secondary N) is 1. The standard InChI is InChI=1S/C6H8N2O2.ClH/c1-4-5(6(9)10-2)8-3-7-4;/h3H,1-2H3,(H,7,8);1H. The van der Waals surface area contributed by atoms with Gasteiger partial charge in [-0.25, -0.2) is 9.78 Å². The van der Waals surface area contributed by atoms with Gasteiger partial charge in [-0.05, 0) is 6.92 Å². The Labute approximate surface area is 70.4 Å². The van der Waals surface area contributed by atoms with Crippen LogP contribution >= 0.6 is 12.4 Å². The number of nitrogens with zero attached hydrogens (tertiary/aromatic N) is 1. The van der Waals surface area contributed by atoms with Gasteiger partial charge < -0.3 is 9.72 Å². The minimum atomic E-state index is -0.404. The molecule has 1 rings (SSSR count). The lowest BCUT2D eigenvalue weighted by molar-refractivity contribution is 0.0594. The summed E-state index contributed by atoms with van der Waals surface area (Å²) in [7, 11) is 1.33. The molecular formula is C6H9ClN2O2. The molecule has 0 aliphatic heterocycles. The van der Waals surface area contributed by atoms with Gasteiger partial charge in [0.05, 0.1) is 13.4 Å². The molecule has 11 heavy (non-hydrogen) atoms. The topological polar surface area (TPSA) is 55.0 Å². The fraction of sp³-hybridized carbons (Fsp3) is 0.333. The molecule has 1 N–H and O–H groups in total. The van der Waals surface area contributed by atoms with Crippen molar-refractivity contribution in [3.63, 3.8) is 0 Å². The van der Waals surface area contributed by atoms with E-state index in [0.717, 1.165) is 5.69 Å². The fourth-order valence-corrected chi connectivity index (χ4v) is 0.661. The zero-order chi connectivity index (χ0) is 7.56. The SMILES string of the molecule is COC(=O)c1nc[nH]c1C.Cl. The normalized spacial score (nSPS) is 8.55. The molecule has 0 spiro atoms. The summed E-state index contributed by atoms with van der Waals surface area (Å²) < 4.78 is 4.45. The summed E-state index contributed by atoms with van der Waals surface area (Å²) in [5.41, 5.74) is 1.08. The maximum absolute atomic E-state index is 10.8. The number of halogens is 1. The Kier molecular flexibility index (Phi) is 3.60. The molecule has 5 heteroatoms. The van der Waals surface area contributed by atoms with Crippen LogP contribution in [0.4, 0.5) is 0 Å². The highest BCUT2D eigenvalue weighted by atomic mass is 35.5. The van der Waals surface area contributed by atoms with Crippen LogP contribution in [0.25, 0.3) is 0 Å². The first-order valence-corrected chi connectivity index (χ1v) is 2.84. The van der Waals surface area contributed by atoms with E-state index in [9.17, 15) is 4.79 Å². The quantitative estimate of drug-likeness (QED) is 0.648. The summed E-state index contributed by atoms with van der Waals surface area (Å²) in [4.78, 5) is 17.3. The lowest BCUT2D eigenvalue weighted by Gasteiger charge is -1.93. The zero-order valence-corrected chi connectivity index (χ0v) is 7.07. The fourth-order valence-electron chi connectivity index (χ4n) is 0.661. The Bertz CT molecular complexity index is 246. The van der Waals surface area contributed by atoms with Crippen LogP contribution in [0.2, 0.25) is 0 Å². The van der Waals surface area contributed by atoms with Crippen LogP contribution < -0.4 is 0 Å². The lowest BCUT2D eigenvalue weighted by atomic mass is 10.3. The number of carbonyl (C=O) groups is 1. The number of H-pyrrole nitrogens is 1. The Hall–Kier alpha value is -1.03. The van der Waals surface area contributed by atoms with Crippen LogP contribution in [0, 0.1) is 6.92 Å². The molecule has 0 aromatic carbocycles. The van der Waals surface area contributed by atoms with Crippen LogP contribution in [0.5, 0.6) is 0 Å². The van der Waals surface area contributed by atoms with E-state index in [1.165, 1.54) is 13.4 Å². The molecule has 0 fully saturated rings. The number of ether oxygens (including phenoxy) is 1. The van der Waals surface area contributed by atoms with Gasteiger partial charge in [0.15, 0.2) is 5.69 Å². The van der Waals surface area contributed by atoms with Gasteiger partial charge in [0.25, 0.3) is 0 Å². The van der Waals surface area contributed by atoms with Crippen LogP contribution in [-0.2, 0) is 4.74 Å². The Morgan fingerprint density at radius 2 is 2.36 bits per heavy atom. The van der Waals surface area contributed by atoms with Gasteiger partial charge in [-0.2, -0.15) is 0 Å². The molecule has 0 radical (unpaired) electrons. The van der Waals surface area contributed by atoms with Crippen molar-refractivity contribution in [2.24, 2.45) is 0 Å². The number of imidazole rings is 1. The van der Waals surface area contributed by atoms with Crippen molar-refractivity contribution in [1.29, 1.82) is 0 Å². The van der Waals surface area contributed by atoms with Crippen molar-refractivity contribution in [2.75, 3.05) is 7.11 Å². The number of aryl methyl sites for hydroxylation is 1. The largest absolute Gasteiger partial charge is 0.464 e. The first kappa shape index (κ1) is 9.97. The van der Waals surface area contributed by atoms with E-state index in [1.54, 1.807) is 6.92 Å². The number of aromatic nitrogens is 2. The van der Waals surface area contributed by atoms with Gasteiger partial charge in [0, 0.05) is 5.69 Å². The monoisotopic (exact) mass is 176 g/mol. The van der Waals surface area contributed by atoms with E-state index < -0.39 is 5.97 Å². The Morgan fingerprint density at radius 1 is 1.73 bits per heavy atom. The van der Waals surface area contributed by atoms with Crippen molar-refractivity contribution in [3.8, 4) is 0 Å². The molecule has 0 saturated carbocycles. The van der Waals surface area contributed by atoms with Crippen molar-refractivity contribution >= 4 is 18.4 Å². The second-order valence-corrected chi connectivity index (χ2v) is 1.87. The number of hydrogen-bond donors (Lipinski definition) is 1. The molecular weight excluding hydrogens is 168 g/mol. The van der Waals surface area contributed by atoms with Crippen LogP contribution in [-0.4, -0.2) is 23.0 Å². The van der Waals surface area contributed by atoms with Crippen molar-refractivity contribution in [1.82, 2.24) is 9.97 Å². The first-order chi connectivity index (χ1) is 4.75. The summed E-state index contributed by atoms with van der Waals surface area (Å²) in [6.07, 6.45) is 1.46. The first-order valence-electron chi connectivity index (χ1n) is 2.84. The highest BCUT2D eigenvalue weighted by molar-refractivity contribution is 5.88. The second kappa shape index (κ2) is 3.98. The van der Waals surface area contributed by atoms with Crippen LogP contribution in [0.3, 0.4) is 0 Å². The molecule has 62 valence electrons. The minimum absolute atomic E-state index is 0. The lowest BCUT2D eigenvalue weighted by Crippen LogP contribution is -2.03. The Morgan fingerprint density at radius 3 is 2.73 bits per heavy atom. The summed E-state index contributed by atoms with van der Waals surface area (Å²) in [5.74, 6) is -0.404. The molecule has 0 bridgehead atoms. The number of methoxy groups -OCH3 is 1. The third-order valence-electron chi connectivity index (χ3n) is 1.21. The zero-order valence-electron chi connectivity index (χ0n) is 6.25. The maximum atomic E-state index is 10.8. The van der Waals surface area contributed by atoms with Crippen LogP contribution in [0.15, 0.2) is 6.33 Å². The number of aromatic amines is 1. The van der Waals surface area contributed by atoms with Gasteiger partial charge >= 0.3 is 5.97 Å². The van der Waals surface area contributed by atoms with E-state index >= 15 is 0 Å². The molecule has 0 atom stereocenters. The molecule has 0 saturated heterocycles. The van der Waals surface area contributed by atoms with Gasteiger partial charge in [-0.15, -0.1) is 12.4 Å². The van der Waals surface area contributed by atoms with E-state index in [-0.39, 0.29) is 12.4 Å². The van der Waals surface area contributed by atoms with Crippen molar-refractivity contribution in [2.45, 2.75) is 6.92 Å². The second-order valence-electron chi connectivity index (χ2n) is 1.87. The highest BCUT2D eigenvalue weighted by Gasteiger charge is 2.10. The smallest absolute Gasteiger partial charge is 0.358 e. The van der Waals surface area contributed by atoms with Gasteiger partial charge in [-0.1, -0.05) is 0 Å². The van der Waals surface area contributed by atoms with Gasteiger partial charge in [-0.3, -0.25) is 0 Å². The highest BCUT2D eigenvalue weighted by Crippen LogP contribution is 2.00. The number of rotatable bonds is 1. The van der Waals surface area contributed by atoms with Crippen molar-refractivity contribution in [3.05, 3.63) is 17.7 Å². The Balaban J connectivity index is 0.000001000. The minimum Gasteiger partial charge on any atom is -0.464 e. The molecule has 1 heterocycles. The predicted octanol–water partition coefficient (Wildman–Crippen LogP) is 0.927. The molecule has 1 aromatic heterocycles. The summed E-state index contributed by atoms with van der Waals surface area (Å²) >= 11 is 0. The number of carbonyl (C=O) groups excluding carboxylic acids is 1. The van der Waals surface area contributed by atoms with E-state index in [1.807, 2.05) is 0 Å². The summed E-state index contributed by atoms with van der Waals surface area (Å²) in [6, 6.07) is 0. The van der Waals surface area contributed by atoms with Crippen LogP contribution in [0.1, 0.15) is 16.2 Å². The third-order valence-corrected chi connectivity index (χ3v) is 1.21. The number of esters is 1. The maximum Gasteiger partial charge on any atom is 0.358 e. The molecule has 4 nitrogen and oxygen atoms in total. The third kappa shape index (κ3) is 1.94. The number of hydrogen-bond acceptors (Lipinski definition) is 3. The predicted molar refractivity (Wildman–Crippen MR) is 41.9 cm³/mol. The molecule has 1 aromatic rings. The average molecular weight is 177 g/mol. The average Bonchev–Trinajstić information content (AvgIpc) is 2.34. The van der Waals surface area contributed by atoms with E-state index in [4.69, 9.17) is 0 Å². The molecule has 0 aliphatic carbocycles. The van der Waals surface area contributed by atoms with Crippen molar-refractivity contribution < 1.29 is 9.53 Å². The molecule has 0 aliphatic rings. The van der Waals surface area contributed by atoms with Gasteiger partial charge in [0.1, 0.15) is 0 Å².